The molecule has 1 amide bonds. The van der Waals surface area contributed by atoms with E-state index in [1.165, 1.54) is 22.7 Å². The number of amides is 1. The first-order valence-corrected chi connectivity index (χ1v) is 11.2. The molecule has 0 aliphatic carbocycles. The fraction of sp³-hybridized carbons (Fsp3) is 0.391. The number of thiophene rings is 1. The molecule has 1 saturated heterocycles. The SMILES string of the molecule is CC(C)CCN1c2cccnc2-n2cccc2C12CCN(C(=O)c1cccs1)C2. The zero-order valence-electron chi connectivity index (χ0n) is 16.9. The topological polar surface area (TPSA) is 41.4 Å². The number of carbonyl (C=O) groups is 1. The van der Waals surface area contributed by atoms with Gasteiger partial charge in [0.05, 0.1) is 16.3 Å². The number of rotatable bonds is 4. The molecule has 1 spiro atoms. The van der Waals surface area contributed by atoms with Gasteiger partial charge in [0.15, 0.2) is 5.82 Å². The Kier molecular flexibility index (Phi) is 4.46. The van der Waals surface area contributed by atoms with E-state index in [0.29, 0.717) is 12.5 Å². The van der Waals surface area contributed by atoms with Gasteiger partial charge in [-0.2, -0.15) is 0 Å². The summed E-state index contributed by atoms with van der Waals surface area (Å²) >= 11 is 1.52. The summed E-state index contributed by atoms with van der Waals surface area (Å²) in [6.45, 7) is 6.98. The van der Waals surface area contributed by atoms with Crippen LogP contribution in [0.1, 0.15) is 42.1 Å². The Labute approximate surface area is 175 Å². The van der Waals surface area contributed by atoms with Crippen molar-refractivity contribution in [2.45, 2.75) is 32.2 Å². The third kappa shape index (κ3) is 2.89. The number of nitrogens with zero attached hydrogens (tertiary/aromatic N) is 4. The summed E-state index contributed by atoms with van der Waals surface area (Å²) in [5.74, 6) is 1.76. The van der Waals surface area contributed by atoms with E-state index in [2.05, 4.69) is 47.7 Å². The summed E-state index contributed by atoms with van der Waals surface area (Å²) in [6.07, 6.45) is 6.01. The molecule has 0 bridgehead atoms. The smallest absolute Gasteiger partial charge is 0.264 e. The van der Waals surface area contributed by atoms with Gasteiger partial charge in [0.2, 0.25) is 0 Å². The lowest BCUT2D eigenvalue weighted by atomic mass is 9.88. The second-order valence-electron chi connectivity index (χ2n) is 8.43. The molecule has 2 aliphatic heterocycles. The first kappa shape index (κ1) is 18.4. The highest BCUT2D eigenvalue weighted by Crippen LogP contribution is 2.47. The van der Waals surface area contributed by atoms with Gasteiger partial charge in [0.1, 0.15) is 5.54 Å². The number of hydrogen-bond acceptors (Lipinski definition) is 4. The molecule has 3 aromatic heterocycles. The van der Waals surface area contributed by atoms with Gasteiger partial charge in [-0.25, -0.2) is 4.98 Å². The first-order chi connectivity index (χ1) is 14.1. The van der Waals surface area contributed by atoms with Crippen LogP contribution in [0.4, 0.5) is 5.69 Å². The molecule has 0 aromatic carbocycles. The molecule has 5 nitrogen and oxygen atoms in total. The van der Waals surface area contributed by atoms with Crippen LogP contribution in [-0.4, -0.2) is 40.0 Å². The molecule has 6 heteroatoms. The molecule has 0 saturated carbocycles. The van der Waals surface area contributed by atoms with Crippen molar-refractivity contribution in [1.82, 2.24) is 14.5 Å². The van der Waals surface area contributed by atoms with Crippen molar-refractivity contribution in [3.63, 3.8) is 0 Å². The van der Waals surface area contributed by atoms with Crippen molar-refractivity contribution in [2.24, 2.45) is 5.92 Å². The number of aromatic nitrogens is 2. The normalized spacial score (nSPS) is 20.4. The van der Waals surface area contributed by atoms with Gasteiger partial charge in [-0.1, -0.05) is 19.9 Å². The van der Waals surface area contributed by atoms with Gasteiger partial charge in [0.25, 0.3) is 5.91 Å². The number of carbonyl (C=O) groups excluding carboxylic acids is 1. The molecule has 5 heterocycles. The van der Waals surface area contributed by atoms with Crippen molar-refractivity contribution >= 4 is 22.9 Å². The molecule has 2 aliphatic rings. The highest BCUT2D eigenvalue weighted by Gasteiger charge is 2.50. The molecule has 29 heavy (non-hydrogen) atoms. The van der Waals surface area contributed by atoms with E-state index in [9.17, 15) is 4.79 Å². The van der Waals surface area contributed by atoms with Crippen LogP contribution in [0.2, 0.25) is 0 Å². The summed E-state index contributed by atoms with van der Waals surface area (Å²) in [6, 6.07) is 12.4. The Morgan fingerprint density at radius 2 is 2.14 bits per heavy atom. The maximum atomic E-state index is 13.1. The average molecular weight is 407 g/mol. The monoisotopic (exact) mass is 406 g/mol. The van der Waals surface area contributed by atoms with E-state index < -0.39 is 0 Å². The van der Waals surface area contributed by atoms with Crippen LogP contribution in [0.3, 0.4) is 0 Å². The van der Waals surface area contributed by atoms with Gasteiger partial charge in [-0.3, -0.25) is 4.79 Å². The fourth-order valence-electron chi connectivity index (χ4n) is 4.77. The van der Waals surface area contributed by atoms with Gasteiger partial charge in [-0.15, -0.1) is 11.3 Å². The first-order valence-electron chi connectivity index (χ1n) is 10.3. The lowest BCUT2D eigenvalue weighted by Gasteiger charge is -2.47. The Bertz CT molecular complexity index is 1030. The van der Waals surface area contributed by atoms with Crippen LogP contribution >= 0.6 is 11.3 Å². The van der Waals surface area contributed by atoms with Crippen LogP contribution in [0, 0.1) is 5.92 Å². The van der Waals surface area contributed by atoms with Crippen LogP contribution in [-0.2, 0) is 5.54 Å². The molecular formula is C23H26N4OS. The summed E-state index contributed by atoms with van der Waals surface area (Å²) in [5, 5.41) is 1.97. The van der Waals surface area contributed by atoms with Crippen molar-refractivity contribution in [3.8, 4) is 5.82 Å². The predicted molar refractivity (Wildman–Crippen MR) is 117 cm³/mol. The van der Waals surface area contributed by atoms with E-state index in [0.717, 1.165) is 36.6 Å². The molecule has 0 radical (unpaired) electrons. The number of pyridine rings is 1. The molecular weight excluding hydrogens is 380 g/mol. The van der Waals surface area contributed by atoms with Gasteiger partial charge in [-0.05, 0) is 54.5 Å². The summed E-state index contributed by atoms with van der Waals surface area (Å²) in [7, 11) is 0. The maximum Gasteiger partial charge on any atom is 0.264 e. The number of anilines is 1. The van der Waals surface area contributed by atoms with Gasteiger partial charge >= 0.3 is 0 Å². The average Bonchev–Trinajstić information content (AvgIpc) is 3.47. The minimum atomic E-state index is -0.207. The highest BCUT2D eigenvalue weighted by molar-refractivity contribution is 7.12. The Morgan fingerprint density at radius 3 is 2.93 bits per heavy atom. The van der Waals surface area contributed by atoms with Gasteiger partial charge in [0, 0.05) is 32.0 Å². The Hall–Kier alpha value is -2.60. The number of fused-ring (bicyclic) bond motifs is 4. The lowest BCUT2D eigenvalue weighted by Crippen LogP contribution is -2.53. The molecule has 3 aromatic rings. The molecule has 1 fully saturated rings. The van der Waals surface area contributed by atoms with E-state index in [4.69, 9.17) is 4.98 Å². The highest BCUT2D eigenvalue weighted by atomic mass is 32.1. The van der Waals surface area contributed by atoms with Crippen molar-refractivity contribution in [3.05, 3.63) is 64.7 Å². The molecule has 1 atom stereocenters. The molecule has 0 N–H and O–H groups in total. The van der Waals surface area contributed by atoms with Crippen LogP contribution in [0.15, 0.2) is 54.2 Å². The zero-order chi connectivity index (χ0) is 20.0. The predicted octanol–water partition coefficient (Wildman–Crippen LogP) is 4.54. The summed E-state index contributed by atoms with van der Waals surface area (Å²) in [5.41, 5.74) is 2.21. The number of hydrogen-bond donors (Lipinski definition) is 0. The van der Waals surface area contributed by atoms with Crippen LogP contribution < -0.4 is 4.90 Å². The van der Waals surface area contributed by atoms with Crippen molar-refractivity contribution < 1.29 is 4.79 Å². The third-order valence-electron chi connectivity index (χ3n) is 6.22. The van der Waals surface area contributed by atoms with E-state index >= 15 is 0 Å². The van der Waals surface area contributed by atoms with E-state index in [-0.39, 0.29) is 11.4 Å². The van der Waals surface area contributed by atoms with Crippen LogP contribution in [0.25, 0.3) is 5.82 Å². The molecule has 150 valence electrons. The van der Waals surface area contributed by atoms with Crippen LogP contribution in [0.5, 0.6) is 0 Å². The minimum absolute atomic E-state index is 0.149. The molecule has 1 unspecified atom stereocenters. The second-order valence-corrected chi connectivity index (χ2v) is 9.38. The van der Waals surface area contributed by atoms with E-state index in [1.807, 2.05) is 34.7 Å². The van der Waals surface area contributed by atoms with Crippen molar-refractivity contribution in [1.29, 1.82) is 0 Å². The third-order valence-corrected chi connectivity index (χ3v) is 7.08. The Morgan fingerprint density at radius 1 is 1.24 bits per heavy atom. The molecule has 5 rings (SSSR count). The second kappa shape index (κ2) is 7.02. The standard InChI is InChI=1S/C23H26N4OS/c1-17(2)9-13-27-18-6-3-11-24-21(18)26-12-4-8-20(26)23(27)10-14-25(16-23)22(28)19-7-5-15-29-19/h3-8,11-12,15,17H,9-10,13-14,16H2,1-2H3. The van der Waals surface area contributed by atoms with Gasteiger partial charge < -0.3 is 14.4 Å². The quantitative estimate of drug-likeness (QED) is 0.639. The van der Waals surface area contributed by atoms with E-state index in [1.54, 1.807) is 0 Å². The minimum Gasteiger partial charge on any atom is -0.355 e. The largest absolute Gasteiger partial charge is 0.355 e. The lowest BCUT2D eigenvalue weighted by molar-refractivity contribution is 0.0786. The summed E-state index contributed by atoms with van der Waals surface area (Å²) < 4.78 is 2.22. The fourth-order valence-corrected chi connectivity index (χ4v) is 5.46. The maximum absolute atomic E-state index is 13.1. The van der Waals surface area contributed by atoms with Crippen molar-refractivity contribution in [2.75, 3.05) is 24.5 Å². The number of likely N-dealkylation sites (tertiary alicyclic amines) is 1. The summed E-state index contributed by atoms with van der Waals surface area (Å²) in [4.78, 5) is 23.2. The zero-order valence-corrected chi connectivity index (χ0v) is 17.7. The Balaban J connectivity index is 1.58.